The van der Waals surface area contributed by atoms with Gasteiger partial charge in [0.1, 0.15) is 0 Å². The van der Waals surface area contributed by atoms with E-state index in [9.17, 15) is 0 Å². The van der Waals surface area contributed by atoms with Crippen molar-refractivity contribution in [2.24, 2.45) is 11.3 Å². The second-order valence-corrected chi connectivity index (χ2v) is 42.7. The van der Waals surface area contributed by atoms with Gasteiger partial charge in [0.05, 0.1) is 95.1 Å². The van der Waals surface area contributed by atoms with Crippen LogP contribution in [-0.4, -0.2) is 101 Å². The average Bonchev–Trinajstić information content (AvgIpc) is 1.52. The molecule has 0 aliphatic heterocycles. The molecule has 28 nitrogen and oxygen atoms in total. The third-order valence-electron chi connectivity index (χ3n) is 26.4. The first-order valence-corrected chi connectivity index (χ1v) is 48.9. The van der Waals surface area contributed by atoms with Crippen LogP contribution in [0.15, 0.2) is 154 Å². The summed E-state index contributed by atoms with van der Waals surface area (Å²) in [6, 6.07) is 18.4. The molecule has 0 radical (unpaired) electrons. The number of aromatic nitrogens is 28. The molecular formula is C111H140N28Pt4. The molecular weight excluding hydrogens is 2510 g/mol. The molecule has 2 atom stereocenters. The van der Waals surface area contributed by atoms with Gasteiger partial charge in [-0.2, -0.15) is 0 Å². The number of pyridine rings is 4. The van der Waals surface area contributed by atoms with Crippen LogP contribution in [0.1, 0.15) is 324 Å². The van der Waals surface area contributed by atoms with Gasteiger partial charge in [-0.05, 0) is 253 Å². The first-order valence-electron chi connectivity index (χ1n) is 48.9. The number of fused-ring (bicyclic) bond motifs is 6. The Labute approximate surface area is 903 Å². The molecule has 32 heteroatoms. The van der Waals surface area contributed by atoms with Crippen LogP contribution in [0.5, 0.6) is 0 Å². The average molecular weight is 2650 g/mol. The van der Waals surface area contributed by atoms with E-state index >= 15 is 0 Å². The van der Waals surface area contributed by atoms with Gasteiger partial charge in [-0.3, -0.25) is 39.9 Å². The zero-order valence-corrected chi connectivity index (χ0v) is 97.8. The maximum atomic E-state index is 4.86. The zero-order chi connectivity index (χ0) is 101. The van der Waals surface area contributed by atoms with E-state index in [0.29, 0.717) is 29.1 Å². The molecule has 3 aliphatic carbocycles. The first kappa shape index (κ1) is 118. The number of hydrogen-bond acceptors (Lipinski definition) is 20. The van der Waals surface area contributed by atoms with E-state index in [0.717, 1.165) is 187 Å². The Hall–Kier alpha value is -10.6. The summed E-state index contributed by atoms with van der Waals surface area (Å²) in [4.78, 5) is 52.3. The summed E-state index contributed by atoms with van der Waals surface area (Å²) in [7, 11) is 0. The van der Waals surface area contributed by atoms with Crippen LogP contribution in [0.2, 0.25) is 0 Å². The van der Waals surface area contributed by atoms with E-state index in [1.54, 1.807) is 49.6 Å². The standard InChI is InChI=1S/C21H24N6.C20H26N6.C17H18N6.C17H20N6.4C9H13N.4Pt/c1-6-13-11(2)17(25-24-13)14-9-22-10-15(23-14)18-16-12-7-8-21(5,20(12,3)4)19(16)27-26-18;1-7-14-13(6)19(25-23-14)16-9-21-10-17(22-16)20-18(12(4)5)15(24-26-20)8-11(2)3;1-3-12-10(2)16(22-20-12)14-8-18-9-15(19-14)17-11-6-4-5-7-13(11)21-23-17;1-6-11-10(2)16(23-20-11)14-9-18-8-13(19-14)12-7-15(22-21-12)17(3,4)5;4*1-9(2,3)8-4-6-10-7-5-8;;;;/h9-10,12H,6-8H2,1-5H3;9-12H,7-8H2,1-6H3;8-9H,3-7H2,1-2H3;7-9H,6H2,1-5H3;4*4-7H,1-3H3;;;;/q4*-2;;;;;4*+2. The second kappa shape index (κ2) is 50.9. The Morgan fingerprint density at radius 2 is 0.650 bits per heavy atom. The van der Waals surface area contributed by atoms with Gasteiger partial charge in [0.25, 0.3) is 0 Å². The third-order valence-corrected chi connectivity index (χ3v) is 26.4. The Bertz CT molecular complexity index is 6440. The SMILES string of the molecule is CC(C)(C)c1ccncc1.CC(C)(C)c1ccncc1.CC(C)(C)c1ccncc1.CC(C)(C)c1ccncc1.CCc1n[n-]c(-c2cncc(-c3[n-]nc(CC(C)C)c3C(C)C)n2)c1C.CCc1n[n-]c(-c2cncc(-c3[n-]nc4c3C3CCC4(C)C3(C)C)n2)c1C.CCc1n[n-]c(-c2cncc(-c3[n-]nc4c3CCCC4)n2)c1C.CCc1n[n-]c(-c2cncc(-c3cc(C(C)(C)C)n[n-]3)n2)c1C.[Pt+2].[Pt+2].[Pt+2].[Pt+2]. The van der Waals surface area contributed by atoms with Crippen LogP contribution in [-0.2, 0) is 162 Å². The predicted octanol–water partition coefficient (Wildman–Crippen LogP) is 21.7. The van der Waals surface area contributed by atoms with Crippen molar-refractivity contribution < 1.29 is 84.3 Å². The number of hydrogen-bond donors (Lipinski definition) is 0. The molecule has 16 heterocycles. The van der Waals surface area contributed by atoms with Crippen molar-refractivity contribution in [2.45, 2.75) is 323 Å². The summed E-state index contributed by atoms with van der Waals surface area (Å²) in [6.45, 7) is 64.9. The van der Waals surface area contributed by atoms with E-state index in [1.165, 1.54) is 70.3 Å². The van der Waals surface area contributed by atoms with Gasteiger partial charge < -0.3 is 81.6 Å². The van der Waals surface area contributed by atoms with Gasteiger partial charge in [0.15, 0.2) is 0 Å². The summed E-state index contributed by atoms with van der Waals surface area (Å²) < 4.78 is 0. The monoisotopic (exact) mass is 2650 g/mol. The Morgan fingerprint density at radius 3 is 0.972 bits per heavy atom. The Morgan fingerprint density at radius 1 is 0.343 bits per heavy atom. The maximum Gasteiger partial charge on any atom is 2.00 e. The van der Waals surface area contributed by atoms with Crippen molar-refractivity contribution in [3.05, 3.63) is 260 Å². The van der Waals surface area contributed by atoms with Gasteiger partial charge in [-0.1, -0.05) is 232 Å². The number of aryl methyl sites for hydroxylation is 5. The maximum absolute atomic E-state index is 4.86. The molecule has 16 aromatic heterocycles. The molecule has 0 amide bonds. The van der Waals surface area contributed by atoms with Crippen molar-refractivity contribution in [1.29, 1.82) is 0 Å². The molecule has 19 rings (SSSR count). The van der Waals surface area contributed by atoms with Crippen LogP contribution >= 0.6 is 0 Å². The molecule has 0 spiro atoms. The van der Waals surface area contributed by atoms with Crippen molar-refractivity contribution in [1.82, 2.24) is 141 Å². The summed E-state index contributed by atoms with van der Waals surface area (Å²) in [5.41, 5.74) is 35.4. The van der Waals surface area contributed by atoms with Crippen LogP contribution in [0, 0.1) is 39.0 Å². The molecule has 1 saturated carbocycles. The normalized spacial score (nSPS) is 14.3. The van der Waals surface area contributed by atoms with Gasteiger partial charge in [-0.15, -0.1) is 0 Å². The third kappa shape index (κ3) is 28.6. The summed E-state index contributed by atoms with van der Waals surface area (Å²) in [5, 5.41) is 69.4. The molecule has 2 bridgehead atoms. The van der Waals surface area contributed by atoms with E-state index in [2.05, 4.69) is 355 Å². The minimum absolute atomic E-state index is 0. The quantitative estimate of drug-likeness (QED) is 0.0920. The van der Waals surface area contributed by atoms with Gasteiger partial charge in [-0.25, -0.2) is 19.9 Å². The van der Waals surface area contributed by atoms with E-state index < -0.39 is 0 Å². The summed E-state index contributed by atoms with van der Waals surface area (Å²) in [6.07, 6.45) is 39.8. The first-order chi connectivity index (χ1) is 65.9. The van der Waals surface area contributed by atoms with E-state index in [4.69, 9.17) is 15.0 Å². The smallest absolute Gasteiger partial charge is 0.573 e. The Balaban J connectivity index is 0.000000205. The van der Waals surface area contributed by atoms with Gasteiger partial charge in [0.2, 0.25) is 0 Å². The largest absolute Gasteiger partial charge is 2.00 e. The molecule has 143 heavy (non-hydrogen) atoms. The van der Waals surface area contributed by atoms with Crippen LogP contribution in [0.4, 0.5) is 0 Å². The predicted molar refractivity (Wildman–Crippen MR) is 550 cm³/mol. The van der Waals surface area contributed by atoms with Crippen molar-refractivity contribution in [2.75, 3.05) is 0 Å². The summed E-state index contributed by atoms with van der Waals surface area (Å²) >= 11 is 0. The molecule has 1 fully saturated rings. The Kier molecular flexibility index (Phi) is 41.9. The van der Waals surface area contributed by atoms with Crippen molar-refractivity contribution in [3.63, 3.8) is 0 Å². The van der Waals surface area contributed by atoms with Gasteiger partial charge >= 0.3 is 84.3 Å². The van der Waals surface area contributed by atoms with E-state index in [1.807, 2.05) is 83.3 Å². The van der Waals surface area contributed by atoms with Crippen LogP contribution < -0.4 is 40.8 Å². The molecule has 0 aromatic carbocycles. The number of nitrogens with zero attached hydrogens (tertiary/aromatic N) is 28. The summed E-state index contributed by atoms with van der Waals surface area (Å²) in [5.74, 6) is 1.34. The fourth-order valence-corrected chi connectivity index (χ4v) is 17.5. The van der Waals surface area contributed by atoms with Crippen molar-refractivity contribution in [3.8, 4) is 91.1 Å². The number of rotatable bonds is 15. The van der Waals surface area contributed by atoms with Crippen LogP contribution in [0.25, 0.3) is 91.1 Å². The molecule has 3 aliphatic rings. The fraction of sp³-hybridized carbons (Fsp3) is 0.459. The molecule has 0 N–H and O–H groups in total. The van der Waals surface area contributed by atoms with E-state index in [-0.39, 0.29) is 122 Å². The molecule has 2 unspecified atom stereocenters. The van der Waals surface area contributed by atoms with Crippen molar-refractivity contribution >= 4 is 0 Å². The second-order valence-electron chi connectivity index (χ2n) is 42.7. The minimum atomic E-state index is -0.0416. The zero-order valence-electron chi connectivity index (χ0n) is 88.7. The molecule has 764 valence electrons. The van der Waals surface area contributed by atoms with Gasteiger partial charge in [0, 0.05) is 106 Å². The fourth-order valence-electron chi connectivity index (χ4n) is 17.5. The molecule has 16 aromatic rings. The minimum Gasteiger partial charge on any atom is -0.573 e. The topological polar surface area (TPSA) is 371 Å². The van der Waals surface area contributed by atoms with Crippen LogP contribution in [0.3, 0.4) is 0 Å². The molecule has 0 saturated heterocycles.